The van der Waals surface area contributed by atoms with E-state index in [9.17, 15) is 169 Å². The molecule has 704 valence electrons. The number of hydrogen-bond donors (Lipinski definition) is 33. The smallest absolute Gasteiger partial charge is 0.187 e. The molecule has 55 heteroatoms. The average Bonchev–Trinajstić information content (AvgIpc) is 0.847. The van der Waals surface area contributed by atoms with E-state index in [4.69, 9.17) is 104 Å². The van der Waals surface area contributed by atoms with Crippen molar-refractivity contribution in [2.45, 2.75) is 338 Å². The molecule has 0 saturated carbocycles. The topological polar surface area (TPSA) is 871 Å². The molecule has 25 rings (SSSR count). The van der Waals surface area contributed by atoms with Gasteiger partial charge in [0.05, 0.1) is 72.7 Å². The van der Waals surface area contributed by atoms with Crippen LogP contribution in [0.2, 0.25) is 0 Å². The quantitative estimate of drug-likeness (QED) is 0.0571. The van der Waals surface area contributed by atoms with Crippen molar-refractivity contribution in [3.63, 3.8) is 0 Å². The molecule has 0 unspecified atom stereocenters. The Balaban J connectivity index is 0.829. The van der Waals surface area contributed by atoms with E-state index in [1.807, 2.05) is 0 Å². The molecule has 0 aromatic carbocycles. The van der Waals surface area contributed by atoms with Gasteiger partial charge < -0.3 is 273 Å². The van der Waals surface area contributed by atoms with Crippen LogP contribution in [-0.4, -0.2) is 579 Å². The Morgan fingerprint density at radius 1 is 0.149 bits per heavy atom. The summed E-state index contributed by atoms with van der Waals surface area (Å²) in [5, 5.41) is 369. The van der Waals surface area contributed by atoms with Crippen LogP contribution in [0.3, 0.4) is 0 Å². The summed E-state index contributed by atoms with van der Waals surface area (Å²) >= 11 is 0. The maximum atomic E-state index is 12.1. The van der Waals surface area contributed by atoms with Gasteiger partial charge in [-0.15, -0.1) is 0 Å². The normalized spacial score (nSPS) is 55.0. The van der Waals surface area contributed by atoms with E-state index in [-0.39, 0.29) is 0 Å². The Bertz CT molecular complexity index is 3050. The highest BCUT2D eigenvalue weighted by atomic mass is 16.8. The zero-order chi connectivity index (χ0) is 88.1. The predicted molar refractivity (Wildman–Crippen MR) is 359 cm³/mol. The van der Waals surface area contributed by atoms with Gasteiger partial charge in [0.2, 0.25) is 0 Å². The van der Waals surface area contributed by atoms with Gasteiger partial charge in [-0.25, -0.2) is 0 Å². The van der Waals surface area contributed by atoms with Crippen molar-refractivity contribution in [1.29, 1.82) is 0 Å². The van der Waals surface area contributed by atoms with Gasteiger partial charge in [0.1, 0.15) is 269 Å². The molecule has 25 aliphatic heterocycles. The summed E-state index contributed by atoms with van der Waals surface area (Å²) in [5.41, 5.74) is 0. The lowest BCUT2D eigenvalue weighted by atomic mass is 9.95. The van der Waals surface area contributed by atoms with Gasteiger partial charge in [-0.05, 0) is 0 Å². The Morgan fingerprint density at radius 3 is 0.537 bits per heavy atom. The van der Waals surface area contributed by atoms with Crippen LogP contribution in [-0.2, 0) is 104 Å². The molecule has 121 heavy (non-hydrogen) atoms. The van der Waals surface area contributed by atoms with Gasteiger partial charge in [-0.2, -0.15) is 0 Å². The van der Waals surface area contributed by atoms with Gasteiger partial charge in [0, 0.05) is 0 Å². The molecular formula is C66H110O55. The van der Waals surface area contributed by atoms with Crippen LogP contribution in [0.1, 0.15) is 0 Å². The van der Waals surface area contributed by atoms with Gasteiger partial charge in [0.15, 0.2) is 69.2 Å². The van der Waals surface area contributed by atoms with E-state index < -0.39 is 410 Å². The van der Waals surface area contributed by atoms with Crippen LogP contribution in [0.15, 0.2) is 0 Å². The van der Waals surface area contributed by atoms with Crippen LogP contribution >= 0.6 is 0 Å². The van der Waals surface area contributed by atoms with Crippen LogP contribution < -0.4 is 0 Å². The predicted octanol–water partition coefficient (Wildman–Crippen LogP) is -23.9. The average molecular weight is 1780 g/mol. The second-order valence-corrected chi connectivity index (χ2v) is 31.0. The molecule has 0 radical (unpaired) electrons. The maximum Gasteiger partial charge on any atom is 0.187 e. The molecule has 25 fully saturated rings. The highest BCUT2D eigenvalue weighted by Gasteiger charge is 2.62. The van der Waals surface area contributed by atoms with Crippen molar-refractivity contribution in [2.75, 3.05) is 72.7 Å². The highest BCUT2D eigenvalue weighted by Crippen LogP contribution is 2.42. The lowest BCUT2D eigenvalue weighted by Crippen LogP contribution is -2.68. The fourth-order valence-electron chi connectivity index (χ4n) is 16.2. The molecule has 0 aliphatic carbocycles. The number of rotatable bonds is 19. The number of aliphatic hydroxyl groups excluding tert-OH is 33. The summed E-state index contributed by atoms with van der Waals surface area (Å²) in [6.45, 7) is -12.5. The summed E-state index contributed by atoms with van der Waals surface area (Å²) in [6.07, 6.45) is -119. The summed E-state index contributed by atoms with van der Waals surface area (Å²) < 4.78 is 127. The minimum atomic E-state index is -2.49. The van der Waals surface area contributed by atoms with Gasteiger partial charge in [0.25, 0.3) is 0 Å². The van der Waals surface area contributed by atoms with Crippen LogP contribution in [0.5, 0.6) is 0 Å². The van der Waals surface area contributed by atoms with Crippen molar-refractivity contribution in [3.8, 4) is 0 Å². The number of aliphatic hydroxyl groups is 33. The molecule has 25 aliphatic rings. The Hall–Kier alpha value is -2.20. The highest BCUT2D eigenvalue weighted by molar-refractivity contribution is 5.04. The first-order chi connectivity index (χ1) is 57.5. The molecule has 0 aromatic rings. The Morgan fingerprint density at radius 2 is 0.331 bits per heavy atom. The fourth-order valence-corrected chi connectivity index (χ4v) is 16.2. The van der Waals surface area contributed by atoms with Gasteiger partial charge in [-0.1, -0.05) is 0 Å². The second kappa shape index (κ2) is 41.9. The SMILES string of the molecule is OC[C@@H]1O[C@@H]2O[C@H]3[C@H](O)[C@@H](O)[C@@H](O[C@H]4[C@H](O)[C@H](O)[C@@H](O[C@H]5[C@@H](O)[C@H](O)[C@@H](O[C@H]6[C@H](O)[C@@H](O)[C@@H](O[C@H]7[C@H](O)[C@@H](O)[C@@H](O[C@H]8[C@H](O)[C@@H](O)[C@@H](O[C@H]1[C@H](O)[C@H]2O)O[C@H]8CO)O[C@H]7CO)O[C@@H]6CO[C@@H]1O[C@H](CO)[C@@H](O[C@@H]2O[C@H](CO)[C@H](O)[C@H](O)[C@H]2O)[C@H](O)[C@H]1O)O[C@@H]5CO)O[C@@H]4CO)O[C@H]3CO[C@@H]1O[C@H](CO)[C@@H](O[C@@H]2O[C@H](CO)[C@H](O)[C@H](O)[C@H]2O)[C@H](O)[C@H]1O. The van der Waals surface area contributed by atoms with Crippen molar-refractivity contribution in [3.05, 3.63) is 0 Å². The van der Waals surface area contributed by atoms with Crippen LogP contribution in [0.4, 0.5) is 0 Å². The summed E-state index contributed by atoms with van der Waals surface area (Å²) in [6, 6.07) is 0. The van der Waals surface area contributed by atoms with E-state index in [0.717, 1.165) is 0 Å². The molecule has 25 heterocycles. The molecule has 25 saturated heterocycles. The summed E-state index contributed by atoms with van der Waals surface area (Å²) in [5.74, 6) is 0. The van der Waals surface area contributed by atoms with E-state index in [1.165, 1.54) is 0 Å². The molecular weight excluding hydrogens is 1670 g/mol. The third kappa shape index (κ3) is 19.9. The van der Waals surface area contributed by atoms with Gasteiger partial charge >= 0.3 is 0 Å². The van der Waals surface area contributed by atoms with Gasteiger partial charge in [-0.3, -0.25) is 0 Å². The molecule has 55 nitrogen and oxygen atoms in total. The van der Waals surface area contributed by atoms with E-state index in [1.54, 1.807) is 0 Å². The third-order valence-corrected chi connectivity index (χ3v) is 23.2. The number of hydrogen-bond acceptors (Lipinski definition) is 55. The van der Waals surface area contributed by atoms with Crippen molar-refractivity contribution in [1.82, 2.24) is 0 Å². The van der Waals surface area contributed by atoms with Crippen molar-refractivity contribution in [2.24, 2.45) is 0 Å². The first-order valence-corrected chi connectivity index (χ1v) is 38.7. The zero-order valence-electron chi connectivity index (χ0n) is 63.3. The van der Waals surface area contributed by atoms with E-state index in [0.29, 0.717) is 0 Å². The minimum absolute atomic E-state index is 0.932. The Labute approximate surface area is 681 Å². The van der Waals surface area contributed by atoms with E-state index in [2.05, 4.69) is 0 Å². The van der Waals surface area contributed by atoms with Crippen molar-refractivity contribution >= 4 is 0 Å². The number of ether oxygens (including phenoxy) is 22. The van der Waals surface area contributed by atoms with Crippen molar-refractivity contribution < 1.29 is 273 Å². The second-order valence-electron chi connectivity index (χ2n) is 31.0. The third-order valence-electron chi connectivity index (χ3n) is 23.2. The molecule has 14 bridgehead atoms. The molecule has 0 amide bonds. The lowest BCUT2D eigenvalue weighted by molar-refractivity contribution is -0.400. The first-order valence-electron chi connectivity index (χ1n) is 38.7. The summed E-state index contributed by atoms with van der Waals surface area (Å²) in [4.78, 5) is 0. The Kier molecular flexibility index (Phi) is 33.9. The molecule has 0 spiro atoms. The standard InChI is InChI=1S/C66H110O55/c67-1-12-23(76)25(78)36(89)58(102-12)113-47-14(3-69)104-56(38(91)27(47)80)100-10-21-54-35(88)46(99)66(112-21)119-53-20(9-75)108-62(42(95)31(53)84)117-51-18(7-73)110-64(44(97)33(51)86)121-55-22(11-101-57-39(92)28(81)48(15(4-70)105-57)114-59-37(90)26(79)24(77)13(2-68)103-59)111-65(45(98)34(55)87)118-52-19(8-74)107-61(41(94)30(52)83)115-49-16(5-71)106-60(40(93)29(49)82)116-50-17(6-72)109-63(120-54)43(96)32(50)85/h12-99H,1-11H2/t12-,13-,14-,15-,16+,17+,18-,19+,20-,21+,22-,23+,24+,25+,26+,27-,28-,29-,30-,31-,32-,33+,34-,35-,36-,37-,38-,39-,40-,41-,42+,43-,44+,45-,46-,47-,48-,49-,50-,51-,52-,53-,54-,55-,56-,57-,58+,59+,60-,61-,62-,63-,64-,65-,66-/m1/s1. The zero-order valence-corrected chi connectivity index (χ0v) is 63.3. The van der Waals surface area contributed by atoms with E-state index >= 15 is 0 Å². The largest absolute Gasteiger partial charge is 0.394 e. The fraction of sp³-hybridized carbons (Fsp3) is 1.00. The molecule has 0 aromatic heterocycles. The maximum absolute atomic E-state index is 12.1. The van der Waals surface area contributed by atoms with Crippen LogP contribution in [0.25, 0.3) is 0 Å². The molecule has 55 atom stereocenters. The monoisotopic (exact) mass is 1780 g/mol. The minimum Gasteiger partial charge on any atom is -0.394 e. The molecule has 33 N–H and O–H groups in total. The lowest BCUT2D eigenvalue weighted by Gasteiger charge is -2.50. The first kappa shape index (κ1) is 97.8. The van der Waals surface area contributed by atoms with Crippen LogP contribution in [0, 0.1) is 0 Å². The summed E-state index contributed by atoms with van der Waals surface area (Å²) in [7, 11) is 0.